The third kappa shape index (κ3) is 9.61. The molecule has 0 amide bonds. The average molecular weight is 242 g/mol. The second-order valence-electron chi connectivity index (χ2n) is 7.78. The molecule has 17 heavy (non-hydrogen) atoms. The van der Waals surface area contributed by atoms with E-state index in [-0.39, 0.29) is 0 Å². The zero-order valence-corrected chi connectivity index (χ0v) is 13.1. The summed E-state index contributed by atoms with van der Waals surface area (Å²) < 4.78 is 0. The van der Waals surface area contributed by atoms with Crippen molar-refractivity contribution in [2.45, 2.75) is 67.3 Å². The lowest BCUT2D eigenvalue weighted by molar-refractivity contribution is 0.251. The van der Waals surface area contributed by atoms with Crippen LogP contribution in [0.2, 0.25) is 0 Å². The molecule has 0 heterocycles. The first-order valence-electron chi connectivity index (χ1n) is 6.98. The van der Waals surface area contributed by atoms with Crippen molar-refractivity contribution in [3.8, 4) is 0 Å². The van der Waals surface area contributed by atoms with Gasteiger partial charge in [-0.15, -0.1) is 0 Å². The fourth-order valence-corrected chi connectivity index (χ4v) is 1.80. The monoisotopic (exact) mass is 242 g/mol. The van der Waals surface area contributed by atoms with E-state index in [1.54, 1.807) is 0 Å². The van der Waals surface area contributed by atoms with Gasteiger partial charge in [-0.3, -0.25) is 0 Å². The molecule has 0 aliphatic carbocycles. The molecule has 3 N–H and O–H groups in total. The molecule has 0 radical (unpaired) electrons. The first kappa shape index (κ1) is 16.9. The molecule has 0 aromatic heterocycles. The predicted octanol–water partition coefficient (Wildman–Crippen LogP) is 3.41. The highest BCUT2D eigenvalue weighted by atomic mass is 14.9. The van der Waals surface area contributed by atoms with Crippen molar-refractivity contribution >= 4 is 0 Å². The van der Waals surface area contributed by atoms with Crippen molar-refractivity contribution in [3.05, 3.63) is 0 Å². The lowest BCUT2D eigenvalue weighted by Gasteiger charge is -2.28. The molecule has 0 aliphatic heterocycles. The molecule has 2 nitrogen and oxygen atoms in total. The Hall–Kier alpha value is -0.0800. The highest BCUT2D eigenvalue weighted by Crippen LogP contribution is 2.24. The summed E-state index contributed by atoms with van der Waals surface area (Å²) in [6, 6.07) is 0.326. The van der Waals surface area contributed by atoms with E-state index in [1.807, 2.05) is 0 Å². The van der Waals surface area contributed by atoms with Crippen LogP contribution in [0.15, 0.2) is 0 Å². The summed E-state index contributed by atoms with van der Waals surface area (Å²) in [5.41, 5.74) is 6.86. The van der Waals surface area contributed by atoms with Gasteiger partial charge in [-0.2, -0.15) is 0 Å². The van der Waals surface area contributed by atoms with Crippen LogP contribution in [0, 0.1) is 16.7 Å². The number of hydrogen-bond donors (Lipinski definition) is 2. The normalized spacial score (nSPS) is 16.9. The summed E-state index contributed by atoms with van der Waals surface area (Å²) in [5.74, 6) is 0.696. The molecule has 0 aromatic carbocycles. The minimum Gasteiger partial charge on any atom is -0.328 e. The van der Waals surface area contributed by atoms with Crippen molar-refractivity contribution in [1.82, 2.24) is 5.32 Å². The Morgan fingerprint density at radius 3 is 2.00 bits per heavy atom. The smallest absolute Gasteiger partial charge is 0.00558 e. The predicted molar refractivity (Wildman–Crippen MR) is 78.2 cm³/mol. The summed E-state index contributed by atoms with van der Waals surface area (Å²) in [5, 5.41) is 3.53. The third-order valence-corrected chi connectivity index (χ3v) is 3.50. The quantitative estimate of drug-likeness (QED) is 0.701. The van der Waals surface area contributed by atoms with Crippen LogP contribution in [-0.2, 0) is 0 Å². The van der Waals surface area contributed by atoms with Gasteiger partial charge in [0.1, 0.15) is 0 Å². The van der Waals surface area contributed by atoms with Gasteiger partial charge < -0.3 is 11.1 Å². The van der Waals surface area contributed by atoms with Crippen molar-refractivity contribution in [2.75, 3.05) is 13.1 Å². The summed E-state index contributed by atoms with van der Waals surface area (Å²) in [4.78, 5) is 0. The molecule has 0 aliphatic rings. The number of rotatable bonds is 6. The molecule has 0 fully saturated rings. The number of nitrogens with one attached hydrogen (secondary N) is 1. The van der Waals surface area contributed by atoms with E-state index in [9.17, 15) is 0 Å². The van der Waals surface area contributed by atoms with Crippen molar-refractivity contribution in [2.24, 2.45) is 22.5 Å². The van der Waals surface area contributed by atoms with Crippen LogP contribution in [0.5, 0.6) is 0 Å². The molecule has 0 saturated heterocycles. The van der Waals surface area contributed by atoms with Gasteiger partial charge in [-0.05, 0) is 42.7 Å². The lowest BCUT2D eigenvalue weighted by Crippen LogP contribution is -2.34. The topological polar surface area (TPSA) is 38.0 Å². The fourth-order valence-electron chi connectivity index (χ4n) is 1.80. The van der Waals surface area contributed by atoms with Gasteiger partial charge in [-0.25, -0.2) is 0 Å². The molecule has 0 rings (SSSR count). The van der Waals surface area contributed by atoms with Gasteiger partial charge in [-0.1, -0.05) is 48.5 Å². The minimum absolute atomic E-state index is 0.326. The van der Waals surface area contributed by atoms with Crippen LogP contribution in [0.3, 0.4) is 0 Å². The van der Waals surface area contributed by atoms with E-state index in [0.717, 1.165) is 25.9 Å². The van der Waals surface area contributed by atoms with Crippen molar-refractivity contribution in [1.29, 1.82) is 0 Å². The Kier molecular flexibility index (Phi) is 6.71. The Bertz CT molecular complexity index is 198. The van der Waals surface area contributed by atoms with Crippen LogP contribution < -0.4 is 11.1 Å². The number of nitrogens with two attached hydrogens (primary N) is 1. The van der Waals surface area contributed by atoms with Gasteiger partial charge in [0.05, 0.1) is 0 Å². The first-order chi connectivity index (χ1) is 7.52. The summed E-state index contributed by atoms with van der Waals surface area (Å²) >= 11 is 0. The molecule has 2 atom stereocenters. The molecular weight excluding hydrogens is 208 g/mol. The van der Waals surface area contributed by atoms with E-state index in [0.29, 0.717) is 22.8 Å². The highest BCUT2D eigenvalue weighted by Gasteiger charge is 2.19. The minimum atomic E-state index is 0.326. The van der Waals surface area contributed by atoms with Crippen LogP contribution in [0.25, 0.3) is 0 Å². The summed E-state index contributed by atoms with van der Waals surface area (Å²) in [7, 11) is 0. The van der Waals surface area contributed by atoms with E-state index >= 15 is 0 Å². The molecular formula is C15H34N2. The lowest BCUT2D eigenvalue weighted by atomic mass is 9.82. The molecule has 0 spiro atoms. The maximum absolute atomic E-state index is 6.12. The van der Waals surface area contributed by atoms with Gasteiger partial charge >= 0.3 is 0 Å². The van der Waals surface area contributed by atoms with Gasteiger partial charge in [0, 0.05) is 6.04 Å². The SMILES string of the molecule is CC(CNCCC(N)CC(C)(C)C)C(C)(C)C. The molecule has 0 bridgehead atoms. The van der Waals surface area contributed by atoms with E-state index < -0.39 is 0 Å². The average Bonchev–Trinajstić information content (AvgIpc) is 2.07. The standard InChI is InChI=1S/C15H34N2/c1-12(15(5,6)7)11-17-9-8-13(16)10-14(2,3)4/h12-13,17H,8-11,16H2,1-7H3. The third-order valence-electron chi connectivity index (χ3n) is 3.50. The van der Waals surface area contributed by atoms with Crippen LogP contribution in [0.1, 0.15) is 61.3 Å². The maximum atomic E-state index is 6.12. The molecule has 2 unspecified atom stereocenters. The van der Waals surface area contributed by atoms with Crippen LogP contribution in [-0.4, -0.2) is 19.1 Å². The van der Waals surface area contributed by atoms with Gasteiger partial charge in [0.2, 0.25) is 0 Å². The molecule has 104 valence electrons. The van der Waals surface area contributed by atoms with E-state index in [2.05, 4.69) is 53.8 Å². The highest BCUT2D eigenvalue weighted by molar-refractivity contribution is 4.74. The fraction of sp³-hybridized carbons (Fsp3) is 1.00. The van der Waals surface area contributed by atoms with Crippen LogP contribution in [0.4, 0.5) is 0 Å². The molecule has 0 aromatic rings. The maximum Gasteiger partial charge on any atom is 0.00558 e. The number of hydrogen-bond acceptors (Lipinski definition) is 2. The Labute approximate surface area is 109 Å². The molecule has 0 saturated carbocycles. The zero-order chi connectivity index (χ0) is 13.7. The second-order valence-corrected chi connectivity index (χ2v) is 7.78. The second kappa shape index (κ2) is 6.75. The van der Waals surface area contributed by atoms with E-state index in [1.165, 1.54) is 0 Å². The summed E-state index contributed by atoms with van der Waals surface area (Å²) in [6.45, 7) is 18.1. The van der Waals surface area contributed by atoms with Crippen LogP contribution >= 0.6 is 0 Å². The first-order valence-corrected chi connectivity index (χ1v) is 6.98. The largest absolute Gasteiger partial charge is 0.328 e. The Balaban J connectivity index is 3.65. The zero-order valence-electron chi connectivity index (χ0n) is 13.1. The van der Waals surface area contributed by atoms with Crippen molar-refractivity contribution < 1.29 is 0 Å². The Morgan fingerprint density at radius 1 is 1.06 bits per heavy atom. The van der Waals surface area contributed by atoms with E-state index in [4.69, 9.17) is 5.73 Å². The van der Waals surface area contributed by atoms with Gasteiger partial charge in [0.15, 0.2) is 0 Å². The molecule has 2 heteroatoms. The Morgan fingerprint density at radius 2 is 1.59 bits per heavy atom. The summed E-state index contributed by atoms with van der Waals surface area (Å²) in [6.07, 6.45) is 2.18. The van der Waals surface area contributed by atoms with Crippen molar-refractivity contribution in [3.63, 3.8) is 0 Å². The van der Waals surface area contributed by atoms with Gasteiger partial charge in [0.25, 0.3) is 0 Å².